The van der Waals surface area contributed by atoms with Crippen molar-refractivity contribution < 1.29 is 18.0 Å². The van der Waals surface area contributed by atoms with Gasteiger partial charge < -0.3 is 15.6 Å². The Morgan fingerprint density at radius 3 is 2.70 bits per heavy atom. The van der Waals surface area contributed by atoms with E-state index < -0.39 is 15.9 Å². The second-order valence-corrected chi connectivity index (χ2v) is 11.4. The Kier molecular flexibility index (Phi) is 6.30. The molecule has 1 aromatic carbocycles. The molecule has 11 heteroatoms. The Bertz CT molecular complexity index is 1350. The number of hydrogen-bond donors (Lipinski definition) is 2. The van der Waals surface area contributed by atoms with Crippen LogP contribution in [0, 0.1) is 0 Å². The SMILES string of the molecule is CCn1c(CCC(=O)Nc2sc3c(c2C(N)=O)CCC3)nc2cc(S(=O)(=O)N(C)C)ccc21. The van der Waals surface area contributed by atoms with Crippen LogP contribution < -0.4 is 11.1 Å². The first-order valence-corrected chi connectivity index (χ1v) is 13.0. The number of nitrogens with two attached hydrogens (primary N) is 1. The van der Waals surface area contributed by atoms with E-state index in [2.05, 4.69) is 10.3 Å². The van der Waals surface area contributed by atoms with E-state index in [0.717, 1.165) is 39.5 Å². The van der Waals surface area contributed by atoms with Crippen LogP contribution in [0.25, 0.3) is 11.0 Å². The van der Waals surface area contributed by atoms with Gasteiger partial charge in [0.25, 0.3) is 5.91 Å². The Balaban J connectivity index is 1.54. The van der Waals surface area contributed by atoms with Crippen LogP contribution in [0.5, 0.6) is 0 Å². The summed E-state index contributed by atoms with van der Waals surface area (Å²) >= 11 is 1.43. The molecular formula is C22H27N5O4S2. The van der Waals surface area contributed by atoms with Crippen molar-refractivity contribution in [1.82, 2.24) is 13.9 Å². The Morgan fingerprint density at radius 2 is 2.03 bits per heavy atom. The lowest BCUT2D eigenvalue weighted by Gasteiger charge is -2.11. The quantitative estimate of drug-likeness (QED) is 0.503. The lowest BCUT2D eigenvalue weighted by Crippen LogP contribution is -2.22. The van der Waals surface area contributed by atoms with E-state index in [0.29, 0.717) is 34.9 Å². The zero-order valence-corrected chi connectivity index (χ0v) is 20.5. The molecule has 3 aromatic rings. The second-order valence-electron chi connectivity index (χ2n) is 8.18. The Morgan fingerprint density at radius 1 is 1.27 bits per heavy atom. The maximum Gasteiger partial charge on any atom is 0.251 e. The van der Waals surface area contributed by atoms with Crippen molar-refractivity contribution in [3.8, 4) is 0 Å². The smallest absolute Gasteiger partial charge is 0.251 e. The average molecular weight is 490 g/mol. The lowest BCUT2D eigenvalue weighted by molar-refractivity contribution is -0.116. The van der Waals surface area contributed by atoms with Gasteiger partial charge >= 0.3 is 0 Å². The van der Waals surface area contributed by atoms with Crippen molar-refractivity contribution >= 4 is 49.2 Å². The van der Waals surface area contributed by atoms with E-state index in [1.807, 2.05) is 11.5 Å². The number of benzene rings is 1. The number of amides is 2. The standard InChI is InChI=1S/C22H27N5O4S2/c1-4-27-16-9-8-13(33(30,31)26(2)3)12-15(16)24-18(27)10-11-19(28)25-22-20(21(23)29)14-6-5-7-17(14)32-22/h8-9,12H,4-7,10-11H2,1-3H3,(H2,23,29)(H,25,28). The number of thiophene rings is 1. The topological polar surface area (TPSA) is 127 Å². The molecule has 2 amide bonds. The minimum Gasteiger partial charge on any atom is -0.365 e. The second kappa shape index (κ2) is 8.88. The summed E-state index contributed by atoms with van der Waals surface area (Å²) < 4.78 is 28.1. The summed E-state index contributed by atoms with van der Waals surface area (Å²) in [5, 5.41) is 3.39. The normalized spacial score (nSPS) is 13.6. The van der Waals surface area contributed by atoms with Crippen molar-refractivity contribution in [3.63, 3.8) is 0 Å². The summed E-state index contributed by atoms with van der Waals surface area (Å²) in [7, 11) is -0.593. The molecule has 4 rings (SSSR count). The third-order valence-corrected chi connectivity index (χ3v) is 8.91. The van der Waals surface area contributed by atoms with Gasteiger partial charge in [-0.15, -0.1) is 11.3 Å². The van der Waals surface area contributed by atoms with E-state index >= 15 is 0 Å². The van der Waals surface area contributed by atoms with Crippen molar-refractivity contribution in [2.45, 2.75) is 50.5 Å². The molecule has 1 aliphatic rings. The Hall–Kier alpha value is -2.76. The molecule has 0 spiro atoms. The number of aromatic nitrogens is 2. The molecule has 0 unspecified atom stereocenters. The first kappa shape index (κ1) is 23.4. The summed E-state index contributed by atoms with van der Waals surface area (Å²) in [5.74, 6) is -0.0326. The third kappa shape index (κ3) is 4.28. The summed E-state index contributed by atoms with van der Waals surface area (Å²) in [6.45, 7) is 2.61. The van der Waals surface area contributed by atoms with Gasteiger partial charge in [0.05, 0.1) is 21.5 Å². The van der Waals surface area contributed by atoms with Crippen molar-refractivity contribution in [3.05, 3.63) is 40.0 Å². The number of sulfonamides is 1. The molecular weight excluding hydrogens is 462 g/mol. The first-order valence-electron chi connectivity index (χ1n) is 10.8. The molecule has 0 saturated carbocycles. The van der Waals surface area contributed by atoms with E-state index in [4.69, 9.17) is 5.73 Å². The zero-order chi connectivity index (χ0) is 23.9. The van der Waals surface area contributed by atoms with Crippen LogP contribution in [-0.2, 0) is 40.6 Å². The van der Waals surface area contributed by atoms with Gasteiger partial charge in [0.15, 0.2) is 0 Å². The molecule has 0 bridgehead atoms. The average Bonchev–Trinajstić information content (AvgIpc) is 3.43. The highest BCUT2D eigenvalue weighted by Gasteiger charge is 2.26. The van der Waals surface area contributed by atoms with Crippen LogP contribution in [0.1, 0.15) is 46.4 Å². The first-order chi connectivity index (χ1) is 15.6. The number of carbonyl (C=O) groups is 2. The van der Waals surface area contributed by atoms with E-state index in [9.17, 15) is 18.0 Å². The molecule has 2 heterocycles. The number of hydrogen-bond acceptors (Lipinski definition) is 6. The Labute approximate surface area is 196 Å². The highest BCUT2D eigenvalue weighted by molar-refractivity contribution is 7.89. The number of anilines is 1. The lowest BCUT2D eigenvalue weighted by atomic mass is 10.1. The predicted molar refractivity (Wildman–Crippen MR) is 128 cm³/mol. The molecule has 1 aliphatic carbocycles. The molecule has 3 N–H and O–H groups in total. The molecule has 0 atom stereocenters. The number of nitrogens with zero attached hydrogens (tertiary/aromatic N) is 3. The van der Waals surface area contributed by atoms with Crippen LogP contribution in [0.2, 0.25) is 0 Å². The fourth-order valence-corrected chi connectivity index (χ4v) is 6.47. The highest BCUT2D eigenvalue weighted by Crippen LogP contribution is 2.38. The van der Waals surface area contributed by atoms with Gasteiger partial charge in [0.2, 0.25) is 15.9 Å². The van der Waals surface area contributed by atoms with Crippen LogP contribution in [0.15, 0.2) is 23.1 Å². The van der Waals surface area contributed by atoms with Gasteiger partial charge in [-0.1, -0.05) is 0 Å². The van der Waals surface area contributed by atoms with Gasteiger partial charge in [-0.2, -0.15) is 0 Å². The summed E-state index contributed by atoms with van der Waals surface area (Å²) in [6.07, 6.45) is 3.27. The predicted octanol–water partition coefficient (Wildman–Crippen LogP) is 2.53. The zero-order valence-electron chi connectivity index (χ0n) is 18.8. The largest absolute Gasteiger partial charge is 0.365 e. The third-order valence-electron chi connectivity index (χ3n) is 5.89. The maximum absolute atomic E-state index is 12.7. The van der Waals surface area contributed by atoms with Gasteiger partial charge in [-0.3, -0.25) is 9.59 Å². The fourth-order valence-electron chi connectivity index (χ4n) is 4.24. The minimum absolute atomic E-state index is 0.174. The van der Waals surface area contributed by atoms with Crippen LogP contribution in [-0.4, -0.2) is 48.2 Å². The molecule has 9 nitrogen and oxygen atoms in total. The van der Waals surface area contributed by atoms with Crippen molar-refractivity contribution in [1.29, 1.82) is 0 Å². The molecule has 33 heavy (non-hydrogen) atoms. The molecule has 0 fully saturated rings. The number of aryl methyl sites for hydroxylation is 3. The molecule has 0 aliphatic heterocycles. The van der Waals surface area contributed by atoms with Crippen molar-refractivity contribution in [2.24, 2.45) is 5.73 Å². The molecule has 0 saturated heterocycles. The summed E-state index contributed by atoms with van der Waals surface area (Å²) in [5.41, 5.74) is 8.37. The number of carbonyl (C=O) groups excluding carboxylic acids is 2. The van der Waals surface area contributed by atoms with Gasteiger partial charge in [0, 0.05) is 38.4 Å². The molecule has 176 valence electrons. The van der Waals surface area contributed by atoms with Gasteiger partial charge in [0.1, 0.15) is 10.8 Å². The van der Waals surface area contributed by atoms with Crippen LogP contribution >= 0.6 is 11.3 Å². The van der Waals surface area contributed by atoms with E-state index in [1.54, 1.807) is 18.2 Å². The maximum atomic E-state index is 12.7. The highest BCUT2D eigenvalue weighted by atomic mass is 32.2. The van der Waals surface area contributed by atoms with Gasteiger partial charge in [-0.25, -0.2) is 17.7 Å². The van der Waals surface area contributed by atoms with Gasteiger partial charge in [-0.05, 0) is 49.9 Å². The van der Waals surface area contributed by atoms with E-state index in [1.165, 1.54) is 25.4 Å². The molecule has 0 radical (unpaired) electrons. The number of nitrogens with one attached hydrogen (secondary N) is 1. The van der Waals surface area contributed by atoms with E-state index in [-0.39, 0.29) is 17.2 Å². The summed E-state index contributed by atoms with van der Waals surface area (Å²) in [6, 6.07) is 4.88. The number of fused-ring (bicyclic) bond motifs is 2. The number of imidazole rings is 1. The van der Waals surface area contributed by atoms with Crippen LogP contribution in [0.3, 0.4) is 0 Å². The molecule has 2 aromatic heterocycles. The summed E-state index contributed by atoms with van der Waals surface area (Å²) in [4.78, 5) is 30.5. The fraction of sp³-hybridized carbons (Fsp3) is 0.409. The monoisotopic (exact) mass is 489 g/mol. The minimum atomic E-state index is -3.57. The van der Waals surface area contributed by atoms with Crippen molar-refractivity contribution in [2.75, 3.05) is 19.4 Å². The van der Waals surface area contributed by atoms with Crippen LogP contribution in [0.4, 0.5) is 5.00 Å². The number of rotatable bonds is 8. The number of primary amides is 1.